The molecule has 18 heavy (non-hydrogen) atoms. The standard InChI is InChI=1S/C15H10Cl2O/c16-13-8-6-11(7-9-13)14(17)10-15(18)12-4-2-1-3-5-12/h1-10H/b14-10+. The summed E-state index contributed by atoms with van der Waals surface area (Å²) in [4.78, 5) is 11.9. The maximum Gasteiger partial charge on any atom is 0.187 e. The number of carbonyl (C=O) groups excluding carboxylic acids is 1. The fourth-order valence-corrected chi connectivity index (χ4v) is 1.84. The van der Waals surface area contributed by atoms with Crippen molar-refractivity contribution in [1.29, 1.82) is 0 Å². The van der Waals surface area contributed by atoms with E-state index in [0.717, 1.165) is 5.56 Å². The van der Waals surface area contributed by atoms with Crippen LogP contribution in [0.3, 0.4) is 0 Å². The molecule has 0 aliphatic rings. The Hall–Kier alpha value is -1.57. The lowest BCUT2D eigenvalue weighted by Gasteiger charge is -2.00. The van der Waals surface area contributed by atoms with E-state index in [1.807, 2.05) is 18.2 Å². The van der Waals surface area contributed by atoms with Crippen LogP contribution < -0.4 is 0 Å². The Morgan fingerprint density at radius 2 is 1.50 bits per heavy atom. The van der Waals surface area contributed by atoms with Gasteiger partial charge in [-0.3, -0.25) is 4.79 Å². The van der Waals surface area contributed by atoms with Gasteiger partial charge in [-0.05, 0) is 17.7 Å². The highest BCUT2D eigenvalue weighted by Gasteiger charge is 2.04. The summed E-state index contributed by atoms with van der Waals surface area (Å²) in [6, 6.07) is 16.0. The Kier molecular flexibility index (Phi) is 4.19. The van der Waals surface area contributed by atoms with E-state index in [0.29, 0.717) is 15.6 Å². The largest absolute Gasteiger partial charge is 0.289 e. The molecule has 0 aliphatic carbocycles. The summed E-state index contributed by atoms with van der Waals surface area (Å²) in [5, 5.41) is 1.04. The molecule has 2 aromatic carbocycles. The summed E-state index contributed by atoms with van der Waals surface area (Å²) in [5.41, 5.74) is 1.38. The zero-order chi connectivity index (χ0) is 13.0. The van der Waals surface area contributed by atoms with Gasteiger partial charge < -0.3 is 0 Å². The van der Waals surface area contributed by atoms with Crippen LogP contribution in [0.5, 0.6) is 0 Å². The van der Waals surface area contributed by atoms with Gasteiger partial charge in [-0.2, -0.15) is 0 Å². The number of hydrogen-bond acceptors (Lipinski definition) is 1. The minimum absolute atomic E-state index is 0.115. The topological polar surface area (TPSA) is 17.1 Å². The van der Waals surface area contributed by atoms with Gasteiger partial charge in [0.2, 0.25) is 0 Å². The van der Waals surface area contributed by atoms with Gasteiger partial charge in [0.1, 0.15) is 0 Å². The van der Waals surface area contributed by atoms with Crippen molar-refractivity contribution >= 4 is 34.0 Å². The van der Waals surface area contributed by atoms with Gasteiger partial charge >= 0.3 is 0 Å². The lowest BCUT2D eigenvalue weighted by atomic mass is 10.1. The average Bonchev–Trinajstić information content (AvgIpc) is 2.40. The van der Waals surface area contributed by atoms with Crippen molar-refractivity contribution in [3.05, 3.63) is 76.8 Å². The molecule has 0 amide bonds. The zero-order valence-electron chi connectivity index (χ0n) is 9.44. The predicted molar refractivity (Wildman–Crippen MR) is 76.1 cm³/mol. The van der Waals surface area contributed by atoms with Crippen molar-refractivity contribution in [3.8, 4) is 0 Å². The lowest BCUT2D eigenvalue weighted by Crippen LogP contribution is -1.94. The number of rotatable bonds is 3. The Morgan fingerprint density at radius 1 is 0.889 bits per heavy atom. The van der Waals surface area contributed by atoms with Gasteiger partial charge in [-0.1, -0.05) is 65.7 Å². The number of allylic oxidation sites excluding steroid dienone is 1. The third kappa shape index (κ3) is 3.22. The monoisotopic (exact) mass is 276 g/mol. The van der Waals surface area contributed by atoms with E-state index >= 15 is 0 Å². The number of halogens is 2. The normalized spacial score (nSPS) is 11.3. The molecule has 3 heteroatoms. The third-order valence-electron chi connectivity index (χ3n) is 2.44. The van der Waals surface area contributed by atoms with E-state index in [1.165, 1.54) is 6.08 Å². The molecule has 0 spiro atoms. The molecule has 0 atom stereocenters. The molecule has 0 radical (unpaired) electrons. The summed E-state index contributed by atoms with van der Waals surface area (Å²) in [6.07, 6.45) is 1.42. The molecular weight excluding hydrogens is 267 g/mol. The molecule has 2 rings (SSSR count). The molecule has 0 fully saturated rings. The van der Waals surface area contributed by atoms with E-state index in [2.05, 4.69) is 0 Å². The summed E-state index contributed by atoms with van der Waals surface area (Å²) >= 11 is 11.9. The molecule has 0 aliphatic heterocycles. The van der Waals surface area contributed by atoms with Gasteiger partial charge in [-0.15, -0.1) is 0 Å². The lowest BCUT2D eigenvalue weighted by molar-refractivity contribution is 0.104. The van der Waals surface area contributed by atoms with Crippen molar-refractivity contribution < 1.29 is 4.79 Å². The second kappa shape index (κ2) is 5.85. The van der Waals surface area contributed by atoms with Gasteiger partial charge in [0.15, 0.2) is 5.78 Å². The quantitative estimate of drug-likeness (QED) is 0.581. The molecule has 1 nitrogen and oxygen atoms in total. The Bertz CT molecular complexity index is 571. The molecule has 0 N–H and O–H groups in total. The van der Waals surface area contributed by atoms with Gasteiger partial charge in [0.05, 0.1) is 5.03 Å². The number of hydrogen-bond donors (Lipinski definition) is 0. The highest BCUT2D eigenvalue weighted by molar-refractivity contribution is 6.50. The summed E-state index contributed by atoms with van der Waals surface area (Å²) in [6.45, 7) is 0. The number of ketones is 1. The SMILES string of the molecule is O=C(/C=C(/Cl)c1ccc(Cl)cc1)c1ccccc1. The highest BCUT2D eigenvalue weighted by Crippen LogP contribution is 2.21. The minimum Gasteiger partial charge on any atom is -0.289 e. The van der Waals surface area contributed by atoms with Crippen LogP contribution >= 0.6 is 23.2 Å². The predicted octanol–water partition coefficient (Wildman–Crippen LogP) is 4.80. The van der Waals surface area contributed by atoms with Crippen molar-refractivity contribution in [2.24, 2.45) is 0 Å². The van der Waals surface area contributed by atoms with E-state index in [9.17, 15) is 4.79 Å². The molecule has 0 saturated carbocycles. The van der Waals surface area contributed by atoms with Gasteiger partial charge in [0.25, 0.3) is 0 Å². The van der Waals surface area contributed by atoms with Crippen LogP contribution in [0, 0.1) is 0 Å². The van der Waals surface area contributed by atoms with Crippen LogP contribution in [0.2, 0.25) is 5.02 Å². The van der Waals surface area contributed by atoms with Gasteiger partial charge in [0, 0.05) is 16.7 Å². The smallest absolute Gasteiger partial charge is 0.187 e. The third-order valence-corrected chi connectivity index (χ3v) is 3.02. The van der Waals surface area contributed by atoms with Crippen molar-refractivity contribution in [2.45, 2.75) is 0 Å². The van der Waals surface area contributed by atoms with Crippen molar-refractivity contribution in [3.63, 3.8) is 0 Å². The highest BCUT2D eigenvalue weighted by atomic mass is 35.5. The number of carbonyl (C=O) groups is 1. The van der Waals surface area contributed by atoms with Crippen LogP contribution in [-0.4, -0.2) is 5.78 Å². The van der Waals surface area contributed by atoms with Gasteiger partial charge in [-0.25, -0.2) is 0 Å². The minimum atomic E-state index is -0.115. The first-order chi connectivity index (χ1) is 8.66. The van der Waals surface area contributed by atoms with Crippen LogP contribution in [0.25, 0.3) is 5.03 Å². The average molecular weight is 277 g/mol. The fraction of sp³-hybridized carbons (Fsp3) is 0. The molecule has 0 unspecified atom stereocenters. The van der Waals surface area contributed by atoms with Crippen LogP contribution in [0.4, 0.5) is 0 Å². The molecule has 0 saturated heterocycles. The molecule has 90 valence electrons. The second-order valence-corrected chi connectivity index (χ2v) is 4.57. The van der Waals surface area contributed by atoms with E-state index in [1.54, 1.807) is 36.4 Å². The molecule has 2 aromatic rings. The maximum atomic E-state index is 11.9. The zero-order valence-corrected chi connectivity index (χ0v) is 10.9. The molecule has 0 aromatic heterocycles. The van der Waals surface area contributed by atoms with E-state index < -0.39 is 0 Å². The van der Waals surface area contributed by atoms with Crippen LogP contribution in [0.1, 0.15) is 15.9 Å². The first-order valence-corrected chi connectivity index (χ1v) is 6.15. The molecular formula is C15H10Cl2O. The first kappa shape index (κ1) is 12.9. The van der Waals surface area contributed by atoms with Crippen LogP contribution in [0.15, 0.2) is 60.7 Å². The van der Waals surface area contributed by atoms with Crippen molar-refractivity contribution in [2.75, 3.05) is 0 Å². The molecule has 0 heterocycles. The summed E-state index contributed by atoms with van der Waals surface area (Å²) in [7, 11) is 0. The van der Waals surface area contributed by atoms with E-state index in [4.69, 9.17) is 23.2 Å². The summed E-state index contributed by atoms with van der Waals surface area (Å²) < 4.78 is 0. The van der Waals surface area contributed by atoms with E-state index in [-0.39, 0.29) is 5.78 Å². The maximum absolute atomic E-state index is 11.9. The molecule has 0 bridgehead atoms. The van der Waals surface area contributed by atoms with Crippen LogP contribution in [-0.2, 0) is 0 Å². The summed E-state index contributed by atoms with van der Waals surface area (Å²) in [5.74, 6) is -0.115. The Morgan fingerprint density at radius 3 is 2.11 bits per heavy atom. The second-order valence-electron chi connectivity index (χ2n) is 3.73. The van der Waals surface area contributed by atoms with Crippen molar-refractivity contribution in [1.82, 2.24) is 0 Å². The number of benzene rings is 2. The Balaban J connectivity index is 2.23. The fourth-order valence-electron chi connectivity index (χ4n) is 1.49. The first-order valence-electron chi connectivity index (χ1n) is 5.39. The Labute approximate surface area is 116 Å².